The average Bonchev–Trinajstić information content (AvgIpc) is 2.85. The molecule has 0 aliphatic carbocycles. The predicted octanol–water partition coefficient (Wildman–Crippen LogP) is 2.86. The lowest BCUT2D eigenvalue weighted by molar-refractivity contribution is -0.127. The number of amides is 1. The van der Waals surface area contributed by atoms with Gasteiger partial charge in [0.15, 0.2) is 0 Å². The summed E-state index contributed by atoms with van der Waals surface area (Å²) in [5.41, 5.74) is 1.06. The lowest BCUT2D eigenvalue weighted by Gasteiger charge is -2.16. The Morgan fingerprint density at radius 3 is 2.95 bits per heavy atom. The van der Waals surface area contributed by atoms with Gasteiger partial charge in [0.1, 0.15) is 0 Å². The second kappa shape index (κ2) is 5.80. The zero-order chi connectivity index (χ0) is 13.9. The molecule has 0 spiro atoms. The molecule has 0 N–H and O–H groups in total. The lowest BCUT2D eigenvalue weighted by Crippen LogP contribution is -2.28. The third-order valence-electron chi connectivity index (χ3n) is 3.89. The Balaban J connectivity index is 1.73. The topological polar surface area (TPSA) is 33.2 Å². The maximum absolute atomic E-state index is 11.9. The van der Waals surface area contributed by atoms with Crippen LogP contribution in [0.3, 0.4) is 0 Å². The third-order valence-corrected chi connectivity index (χ3v) is 4.32. The molecular weight excluding hydrogens is 272 g/mol. The Bertz CT molecular complexity index is 623. The zero-order valence-corrected chi connectivity index (χ0v) is 12.0. The molecule has 20 heavy (non-hydrogen) atoms. The highest BCUT2D eigenvalue weighted by Gasteiger charge is 2.28. The monoisotopic (exact) mass is 288 g/mol. The van der Waals surface area contributed by atoms with E-state index in [2.05, 4.69) is 17.1 Å². The van der Waals surface area contributed by atoms with Gasteiger partial charge in [0, 0.05) is 49.1 Å². The Morgan fingerprint density at radius 2 is 2.15 bits per heavy atom. The van der Waals surface area contributed by atoms with Gasteiger partial charge in [-0.25, -0.2) is 0 Å². The number of carbonyl (C=O) groups is 1. The summed E-state index contributed by atoms with van der Waals surface area (Å²) in [4.78, 5) is 18.3. The van der Waals surface area contributed by atoms with Crippen LogP contribution in [0.4, 0.5) is 0 Å². The first-order valence-electron chi connectivity index (χ1n) is 6.94. The number of likely N-dealkylation sites (tertiary alicyclic amines) is 1. The minimum Gasteiger partial charge on any atom is -0.342 e. The van der Waals surface area contributed by atoms with Crippen LogP contribution in [0.1, 0.15) is 12.1 Å². The van der Waals surface area contributed by atoms with Crippen LogP contribution in [0.25, 0.3) is 10.8 Å². The molecule has 1 aliphatic rings. The van der Waals surface area contributed by atoms with Crippen molar-refractivity contribution < 1.29 is 4.79 Å². The van der Waals surface area contributed by atoms with Gasteiger partial charge in [-0.3, -0.25) is 9.78 Å². The van der Waals surface area contributed by atoms with Crippen molar-refractivity contribution in [1.82, 2.24) is 9.88 Å². The fourth-order valence-corrected chi connectivity index (χ4v) is 3.00. The van der Waals surface area contributed by atoms with Crippen molar-refractivity contribution in [3.63, 3.8) is 0 Å². The number of aromatic nitrogens is 1. The summed E-state index contributed by atoms with van der Waals surface area (Å²) in [7, 11) is 0. The minimum atomic E-state index is 0.218. The maximum Gasteiger partial charge on any atom is 0.222 e. The highest BCUT2D eigenvalue weighted by molar-refractivity contribution is 6.18. The average molecular weight is 289 g/mol. The molecule has 104 valence electrons. The van der Waals surface area contributed by atoms with E-state index in [1.54, 1.807) is 0 Å². The molecule has 1 aromatic carbocycles. The fourth-order valence-electron chi connectivity index (χ4n) is 2.80. The van der Waals surface area contributed by atoms with Crippen molar-refractivity contribution in [2.75, 3.05) is 19.0 Å². The van der Waals surface area contributed by atoms with Crippen molar-refractivity contribution in [3.05, 3.63) is 42.2 Å². The molecule has 0 radical (unpaired) electrons. The first-order chi connectivity index (χ1) is 9.78. The van der Waals surface area contributed by atoms with Gasteiger partial charge in [-0.2, -0.15) is 0 Å². The second-order valence-corrected chi connectivity index (χ2v) is 5.60. The van der Waals surface area contributed by atoms with Crippen LogP contribution in [0.2, 0.25) is 0 Å². The van der Waals surface area contributed by atoms with Crippen LogP contribution in [0.15, 0.2) is 36.5 Å². The second-order valence-electron chi connectivity index (χ2n) is 5.29. The van der Waals surface area contributed by atoms with Gasteiger partial charge in [0.05, 0.1) is 0 Å². The summed E-state index contributed by atoms with van der Waals surface area (Å²) in [6.45, 7) is 1.51. The number of nitrogens with zero attached hydrogens (tertiary/aromatic N) is 2. The SMILES string of the molecule is O=C1CC(CCl)CN1CCc1nccc2ccccc12. The number of carbonyl (C=O) groups excluding carboxylic acids is 1. The van der Waals surface area contributed by atoms with Gasteiger partial charge in [-0.05, 0) is 17.4 Å². The van der Waals surface area contributed by atoms with Crippen LogP contribution < -0.4 is 0 Å². The molecule has 1 saturated heterocycles. The minimum absolute atomic E-state index is 0.218. The highest BCUT2D eigenvalue weighted by Crippen LogP contribution is 2.21. The van der Waals surface area contributed by atoms with Gasteiger partial charge in [-0.1, -0.05) is 24.3 Å². The van der Waals surface area contributed by atoms with Crippen LogP contribution in [0.5, 0.6) is 0 Å². The maximum atomic E-state index is 11.9. The Kier molecular flexibility index (Phi) is 3.88. The zero-order valence-electron chi connectivity index (χ0n) is 11.3. The van der Waals surface area contributed by atoms with Crippen molar-refractivity contribution in [3.8, 4) is 0 Å². The molecule has 2 aromatic rings. The Labute approximate surface area is 123 Å². The number of hydrogen-bond donors (Lipinski definition) is 0. The van der Waals surface area contributed by atoms with E-state index >= 15 is 0 Å². The van der Waals surface area contributed by atoms with Crippen LogP contribution in [0, 0.1) is 5.92 Å². The van der Waals surface area contributed by atoms with E-state index in [-0.39, 0.29) is 5.91 Å². The number of hydrogen-bond acceptors (Lipinski definition) is 2. The smallest absolute Gasteiger partial charge is 0.222 e. The van der Waals surface area contributed by atoms with E-state index < -0.39 is 0 Å². The van der Waals surface area contributed by atoms with Crippen molar-refractivity contribution in [1.29, 1.82) is 0 Å². The molecule has 0 bridgehead atoms. The standard InChI is InChI=1S/C16H17ClN2O/c17-10-12-9-16(20)19(11-12)8-6-15-14-4-2-1-3-13(14)5-7-18-15/h1-5,7,12H,6,8-11H2. The first kappa shape index (κ1) is 13.4. The number of rotatable bonds is 4. The first-order valence-corrected chi connectivity index (χ1v) is 7.47. The molecule has 4 heteroatoms. The van der Waals surface area contributed by atoms with Crippen molar-refractivity contribution >= 4 is 28.3 Å². The van der Waals surface area contributed by atoms with E-state index in [0.29, 0.717) is 18.2 Å². The fraction of sp³-hybridized carbons (Fsp3) is 0.375. The van der Waals surface area contributed by atoms with Gasteiger partial charge < -0.3 is 4.90 Å². The Hall–Kier alpha value is -1.61. The molecule has 2 heterocycles. The number of pyridine rings is 1. The van der Waals surface area contributed by atoms with E-state index in [0.717, 1.165) is 25.2 Å². The molecule has 1 atom stereocenters. The van der Waals surface area contributed by atoms with Crippen LogP contribution >= 0.6 is 11.6 Å². The summed E-state index contributed by atoms with van der Waals surface area (Å²) in [6, 6.07) is 10.2. The largest absolute Gasteiger partial charge is 0.342 e. The quantitative estimate of drug-likeness (QED) is 0.811. The van der Waals surface area contributed by atoms with Gasteiger partial charge in [-0.15, -0.1) is 11.6 Å². The molecule has 0 saturated carbocycles. The van der Waals surface area contributed by atoms with Crippen molar-refractivity contribution in [2.45, 2.75) is 12.8 Å². The van der Waals surface area contributed by atoms with E-state index in [9.17, 15) is 4.79 Å². The summed E-state index contributed by atoms with van der Waals surface area (Å²) in [6.07, 6.45) is 3.22. The van der Waals surface area contributed by atoms with E-state index in [4.69, 9.17) is 11.6 Å². The lowest BCUT2D eigenvalue weighted by atomic mass is 10.1. The van der Waals surface area contributed by atoms with Gasteiger partial charge in [0.2, 0.25) is 5.91 Å². The van der Waals surface area contributed by atoms with Gasteiger partial charge >= 0.3 is 0 Å². The van der Waals surface area contributed by atoms with Gasteiger partial charge in [0.25, 0.3) is 0 Å². The molecule has 1 amide bonds. The third kappa shape index (κ3) is 2.63. The summed E-state index contributed by atoms with van der Waals surface area (Å²) >= 11 is 5.84. The van der Waals surface area contributed by atoms with E-state index in [1.807, 2.05) is 29.3 Å². The molecule has 1 aromatic heterocycles. The summed E-state index contributed by atoms with van der Waals surface area (Å²) < 4.78 is 0. The number of fused-ring (bicyclic) bond motifs is 1. The van der Waals surface area contributed by atoms with Crippen LogP contribution in [-0.2, 0) is 11.2 Å². The Morgan fingerprint density at radius 1 is 1.30 bits per heavy atom. The number of benzene rings is 1. The number of alkyl halides is 1. The summed E-state index contributed by atoms with van der Waals surface area (Å²) in [5.74, 6) is 1.09. The molecule has 3 nitrogen and oxygen atoms in total. The summed E-state index contributed by atoms with van der Waals surface area (Å²) in [5, 5.41) is 2.37. The highest BCUT2D eigenvalue weighted by atomic mass is 35.5. The van der Waals surface area contributed by atoms with Crippen molar-refractivity contribution in [2.24, 2.45) is 5.92 Å². The molecular formula is C16H17ClN2O. The molecule has 3 rings (SSSR count). The number of halogens is 1. The van der Waals surface area contributed by atoms with E-state index in [1.165, 1.54) is 10.8 Å². The molecule has 1 fully saturated rings. The van der Waals surface area contributed by atoms with Crippen LogP contribution in [-0.4, -0.2) is 34.8 Å². The predicted molar refractivity (Wildman–Crippen MR) is 80.9 cm³/mol. The molecule has 1 aliphatic heterocycles. The molecule has 1 unspecified atom stereocenters. The normalized spacial score (nSPS) is 18.9.